The second kappa shape index (κ2) is 5.85. The molecule has 120 valence electrons. The lowest BCUT2D eigenvalue weighted by atomic mass is 9.98. The molecule has 3 heterocycles. The third kappa shape index (κ3) is 2.79. The maximum atomic E-state index is 12.7. The summed E-state index contributed by atoms with van der Waals surface area (Å²) >= 11 is 5.88. The van der Waals surface area contributed by atoms with Gasteiger partial charge in [0.2, 0.25) is 0 Å². The zero-order valence-electron chi connectivity index (χ0n) is 12.6. The fourth-order valence-electron chi connectivity index (χ4n) is 3.80. The van der Waals surface area contributed by atoms with E-state index in [-0.39, 0.29) is 18.1 Å². The molecule has 1 aromatic heterocycles. The Morgan fingerprint density at radius 1 is 1.04 bits per heavy atom. The van der Waals surface area contributed by atoms with Crippen molar-refractivity contribution >= 4 is 23.3 Å². The molecule has 2 bridgehead atoms. The minimum absolute atomic E-state index is 0.0216. The first kappa shape index (κ1) is 14.5. The van der Waals surface area contributed by atoms with Gasteiger partial charge in [-0.2, -0.15) is 15.0 Å². The quantitative estimate of drug-likeness (QED) is 0.918. The largest absolute Gasteiger partial charge is 0.322 e. The van der Waals surface area contributed by atoms with Crippen molar-refractivity contribution in [3.05, 3.63) is 41.7 Å². The third-order valence-corrected chi connectivity index (χ3v) is 5.05. The van der Waals surface area contributed by atoms with Crippen LogP contribution >= 0.6 is 11.6 Å². The number of hydrogen-bond acceptors (Lipinski definition) is 3. The Kier molecular flexibility index (Phi) is 3.69. The lowest BCUT2D eigenvalue weighted by Gasteiger charge is -2.38. The summed E-state index contributed by atoms with van der Waals surface area (Å²) in [5, 5.41) is 12.2. The van der Waals surface area contributed by atoms with Gasteiger partial charge in [-0.3, -0.25) is 0 Å². The van der Waals surface area contributed by atoms with E-state index in [1.807, 2.05) is 17.0 Å². The number of benzene rings is 1. The third-order valence-electron chi connectivity index (χ3n) is 4.80. The van der Waals surface area contributed by atoms with Crippen LogP contribution in [0.1, 0.15) is 31.7 Å². The maximum absolute atomic E-state index is 12.7. The minimum atomic E-state index is -0.0216. The molecule has 2 amide bonds. The number of anilines is 1. The molecule has 2 atom stereocenters. The van der Waals surface area contributed by atoms with E-state index in [0.717, 1.165) is 31.4 Å². The summed E-state index contributed by atoms with van der Waals surface area (Å²) in [4.78, 5) is 16.5. The molecule has 6 nitrogen and oxygen atoms in total. The summed E-state index contributed by atoms with van der Waals surface area (Å²) in [7, 11) is 0. The van der Waals surface area contributed by atoms with Crippen molar-refractivity contribution in [3.63, 3.8) is 0 Å². The topological polar surface area (TPSA) is 63.1 Å². The second-order valence-electron chi connectivity index (χ2n) is 6.20. The van der Waals surface area contributed by atoms with E-state index < -0.39 is 0 Å². The van der Waals surface area contributed by atoms with Gasteiger partial charge in [-0.15, -0.1) is 0 Å². The lowest BCUT2D eigenvalue weighted by molar-refractivity contribution is 0.124. The van der Waals surface area contributed by atoms with Gasteiger partial charge in [-0.1, -0.05) is 11.6 Å². The number of rotatable bonds is 2. The molecule has 0 saturated carbocycles. The molecule has 0 radical (unpaired) electrons. The van der Waals surface area contributed by atoms with Gasteiger partial charge in [0, 0.05) is 22.8 Å². The van der Waals surface area contributed by atoms with Crippen LogP contribution in [0.5, 0.6) is 0 Å². The van der Waals surface area contributed by atoms with Crippen LogP contribution in [0.3, 0.4) is 0 Å². The van der Waals surface area contributed by atoms with Crippen molar-refractivity contribution in [1.29, 1.82) is 0 Å². The van der Waals surface area contributed by atoms with Gasteiger partial charge >= 0.3 is 6.03 Å². The molecule has 0 spiro atoms. The van der Waals surface area contributed by atoms with Crippen LogP contribution in [0.4, 0.5) is 10.5 Å². The fraction of sp³-hybridized carbons (Fsp3) is 0.438. The van der Waals surface area contributed by atoms with Crippen LogP contribution in [-0.4, -0.2) is 38.0 Å². The van der Waals surface area contributed by atoms with E-state index >= 15 is 0 Å². The van der Waals surface area contributed by atoms with Crippen molar-refractivity contribution < 1.29 is 4.79 Å². The molecule has 4 rings (SSSR count). The van der Waals surface area contributed by atoms with Crippen molar-refractivity contribution in [1.82, 2.24) is 19.9 Å². The van der Waals surface area contributed by atoms with Gasteiger partial charge in [0.25, 0.3) is 0 Å². The Hall–Kier alpha value is -2.08. The number of piperidine rings is 1. The van der Waals surface area contributed by atoms with Crippen LogP contribution in [0.2, 0.25) is 5.02 Å². The predicted molar refractivity (Wildman–Crippen MR) is 87.4 cm³/mol. The number of carbonyl (C=O) groups excluding carboxylic acids is 1. The van der Waals surface area contributed by atoms with E-state index in [4.69, 9.17) is 11.6 Å². The van der Waals surface area contributed by atoms with Gasteiger partial charge in [0.05, 0.1) is 18.4 Å². The molecule has 0 aliphatic carbocycles. The Bertz CT molecular complexity index is 673. The molecule has 2 aliphatic heterocycles. The summed E-state index contributed by atoms with van der Waals surface area (Å²) in [6.07, 6.45) is 7.36. The van der Waals surface area contributed by atoms with Crippen LogP contribution in [0.25, 0.3) is 0 Å². The summed E-state index contributed by atoms with van der Waals surface area (Å²) in [5.74, 6) is 0. The van der Waals surface area contributed by atoms with Crippen LogP contribution in [-0.2, 0) is 0 Å². The Morgan fingerprint density at radius 3 is 2.26 bits per heavy atom. The number of amides is 2. The number of fused-ring (bicyclic) bond motifs is 2. The number of urea groups is 1. The number of aromatic nitrogens is 3. The van der Waals surface area contributed by atoms with Crippen LogP contribution in [0.15, 0.2) is 36.7 Å². The number of halogens is 1. The standard InChI is InChI=1S/C16H18ClN5O/c17-11-1-3-12(4-2-11)20-16(23)21-13-5-6-14(21)10-15(9-13)22-18-7-8-19-22/h1-4,7-8,13-15H,5-6,9-10H2,(H,20,23). The average molecular weight is 332 g/mol. The molecule has 1 aromatic carbocycles. The van der Waals surface area contributed by atoms with Crippen molar-refractivity contribution in [2.75, 3.05) is 5.32 Å². The van der Waals surface area contributed by atoms with E-state index in [2.05, 4.69) is 15.5 Å². The highest BCUT2D eigenvalue weighted by Crippen LogP contribution is 2.40. The summed E-state index contributed by atoms with van der Waals surface area (Å²) in [6, 6.07) is 8.00. The Morgan fingerprint density at radius 2 is 1.65 bits per heavy atom. The number of carbonyl (C=O) groups is 1. The molecule has 2 saturated heterocycles. The Balaban J connectivity index is 1.46. The Labute approximate surface area is 139 Å². The maximum Gasteiger partial charge on any atom is 0.322 e. The van der Waals surface area contributed by atoms with Crippen LogP contribution in [0, 0.1) is 0 Å². The molecule has 1 N–H and O–H groups in total. The zero-order chi connectivity index (χ0) is 15.8. The second-order valence-corrected chi connectivity index (χ2v) is 6.64. The van der Waals surface area contributed by atoms with E-state index in [0.29, 0.717) is 11.1 Å². The number of nitrogens with zero attached hydrogens (tertiary/aromatic N) is 4. The summed E-state index contributed by atoms with van der Waals surface area (Å²) < 4.78 is 0. The molecular weight excluding hydrogens is 314 g/mol. The minimum Gasteiger partial charge on any atom is -0.318 e. The monoisotopic (exact) mass is 331 g/mol. The first-order valence-electron chi connectivity index (χ1n) is 7.91. The van der Waals surface area contributed by atoms with Gasteiger partial charge in [-0.05, 0) is 49.9 Å². The van der Waals surface area contributed by atoms with Crippen molar-refractivity contribution in [3.8, 4) is 0 Å². The summed E-state index contributed by atoms with van der Waals surface area (Å²) in [5.41, 5.74) is 0.773. The first-order valence-corrected chi connectivity index (χ1v) is 8.29. The highest BCUT2D eigenvalue weighted by Gasteiger charge is 2.44. The van der Waals surface area contributed by atoms with E-state index in [1.54, 1.807) is 29.3 Å². The SMILES string of the molecule is O=C(Nc1ccc(Cl)cc1)N1C2CCC1CC(n1nccn1)C2. The number of nitrogens with one attached hydrogen (secondary N) is 1. The highest BCUT2D eigenvalue weighted by atomic mass is 35.5. The van der Waals surface area contributed by atoms with Crippen LogP contribution < -0.4 is 5.32 Å². The normalized spacial score (nSPS) is 26.3. The molecule has 2 fully saturated rings. The smallest absolute Gasteiger partial charge is 0.318 e. The van der Waals surface area contributed by atoms with Gasteiger partial charge in [0.1, 0.15) is 0 Å². The molecule has 2 aliphatic rings. The zero-order valence-corrected chi connectivity index (χ0v) is 13.4. The predicted octanol–water partition coefficient (Wildman–Crippen LogP) is 3.33. The van der Waals surface area contributed by atoms with Gasteiger partial charge < -0.3 is 10.2 Å². The first-order chi connectivity index (χ1) is 11.2. The lowest BCUT2D eigenvalue weighted by Crippen LogP contribution is -2.49. The van der Waals surface area contributed by atoms with Gasteiger partial charge in [0.15, 0.2) is 0 Å². The number of hydrogen-bond donors (Lipinski definition) is 1. The van der Waals surface area contributed by atoms with E-state index in [9.17, 15) is 4.79 Å². The molecular formula is C16H18ClN5O. The molecule has 2 aromatic rings. The highest BCUT2D eigenvalue weighted by molar-refractivity contribution is 6.30. The van der Waals surface area contributed by atoms with Gasteiger partial charge in [-0.25, -0.2) is 4.79 Å². The molecule has 2 unspecified atom stereocenters. The van der Waals surface area contributed by atoms with Crippen molar-refractivity contribution in [2.24, 2.45) is 0 Å². The summed E-state index contributed by atoms with van der Waals surface area (Å²) in [6.45, 7) is 0. The fourth-order valence-corrected chi connectivity index (χ4v) is 3.93. The van der Waals surface area contributed by atoms with E-state index in [1.165, 1.54) is 0 Å². The van der Waals surface area contributed by atoms with Crippen molar-refractivity contribution in [2.45, 2.75) is 43.8 Å². The molecule has 23 heavy (non-hydrogen) atoms. The average Bonchev–Trinajstić information content (AvgIpc) is 3.16. The molecule has 7 heteroatoms.